The Morgan fingerprint density at radius 3 is 2.79 bits per heavy atom. The van der Waals surface area contributed by atoms with Crippen LogP contribution in [0.3, 0.4) is 0 Å². The SMILES string of the molecule is Cl.NCCCCCCC(=O)Nc1ncc(Cc2cccc(F)c2)s1. The van der Waals surface area contributed by atoms with Crippen LogP contribution in [0.1, 0.15) is 42.5 Å². The van der Waals surface area contributed by atoms with Crippen LogP contribution in [0.15, 0.2) is 30.5 Å². The Morgan fingerprint density at radius 1 is 1.25 bits per heavy atom. The molecule has 1 amide bonds. The van der Waals surface area contributed by atoms with Crippen LogP contribution in [0.4, 0.5) is 9.52 Å². The summed E-state index contributed by atoms with van der Waals surface area (Å²) in [7, 11) is 0. The molecule has 0 saturated heterocycles. The van der Waals surface area contributed by atoms with Gasteiger partial charge < -0.3 is 11.1 Å². The fraction of sp³-hybridized carbons (Fsp3) is 0.412. The minimum atomic E-state index is -0.241. The molecular formula is C17H23ClFN3OS. The Balaban J connectivity index is 0.00000288. The first-order chi connectivity index (χ1) is 11.2. The maximum absolute atomic E-state index is 13.2. The van der Waals surface area contributed by atoms with E-state index in [2.05, 4.69) is 10.3 Å². The number of nitrogens with zero attached hydrogens (tertiary/aromatic N) is 1. The molecule has 0 unspecified atom stereocenters. The van der Waals surface area contributed by atoms with Crippen molar-refractivity contribution < 1.29 is 9.18 Å². The van der Waals surface area contributed by atoms with Crippen molar-refractivity contribution in [2.75, 3.05) is 11.9 Å². The third-order valence-corrected chi connectivity index (χ3v) is 4.34. The summed E-state index contributed by atoms with van der Waals surface area (Å²) < 4.78 is 13.2. The van der Waals surface area contributed by atoms with E-state index in [1.807, 2.05) is 6.07 Å². The number of nitrogens with one attached hydrogen (secondary N) is 1. The highest BCUT2D eigenvalue weighted by molar-refractivity contribution is 7.15. The number of anilines is 1. The van der Waals surface area contributed by atoms with Crippen molar-refractivity contribution in [3.05, 3.63) is 46.7 Å². The predicted molar refractivity (Wildman–Crippen MR) is 99.3 cm³/mol. The van der Waals surface area contributed by atoms with Gasteiger partial charge in [-0.1, -0.05) is 25.0 Å². The van der Waals surface area contributed by atoms with Crippen molar-refractivity contribution >= 4 is 34.8 Å². The molecule has 2 aromatic rings. The molecule has 1 heterocycles. The zero-order valence-electron chi connectivity index (χ0n) is 13.5. The number of aromatic nitrogens is 1. The number of halogens is 2. The van der Waals surface area contributed by atoms with Crippen LogP contribution in [0.2, 0.25) is 0 Å². The molecule has 0 saturated carbocycles. The van der Waals surface area contributed by atoms with Crippen LogP contribution < -0.4 is 11.1 Å². The Labute approximate surface area is 152 Å². The summed E-state index contributed by atoms with van der Waals surface area (Å²) in [6, 6.07) is 6.51. The largest absolute Gasteiger partial charge is 0.330 e. The van der Waals surface area contributed by atoms with E-state index in [1.54, 1.807) is 12.3 Å². The quantitative estimate of drug-likeness (QED) is 0.651. The molecule has 0 bridgehead atoms. The van der Waals surface area contributed by atoms with Crippen molar-refractivity contribution in [2.24, 2.45) is 5.73 Å². The van der Waals surface area contributed by atoms with Crippen molar-refractivity contribution in [3.8, 4) is 0 Å². The normalized spacial score (nSPS) is 10.2. The van der Waals surface area contributed by atoms with E-state index in [4.69, 9.17) is 5.73 Å². The van der Waals surface area contributed by atoms with Crippen LogP contribution in [0, 0.1) is 5.82 Å². The van der Waals surface area contributed by atoms with E-state index in [9.17, 15) is 9.18 Å². The summed E-state index contributed by atoms with van der Waals surface area (Å²) in [4.78, 5) is 17.0. The lowest BCUT2D eigenvalue weighted by Gasteiger charge is -2.01. The number of unbranched alkanes of at least 4 members (excludes halogenated alkanes) is 3. The van der Waals surface area contributed by atoms with Gasteiger partial charge in [0.2, 0.25) is 5.91 Å². The molecule has 132 valence electrons. The predicted octanol–water partition coefficient (Wildman–Crippen LogP) is 4.14. The van der Waals surface area contributed by atoms with Crippen LogP contribution in [-0.4, -0.2) is 17.4 Å². The first kappa shape index (κ1) is 20.5. The Bertz CT molecular complexity index is 636. The van der Waals surface area contributed by atoms with Gasteiger partial charge in [-0.25, -0.2) is 9.37 Å². The van der Waals surface area contributed by atoms with Crippen molar-refractivity contribution in [3.63, 3.8) is 0 Å². The average Bonchev–Trinajstić information content (AvgIpc) is 2.94. The lowest BCUT2D eigenvalue weighted by atomic mass is 10.1. The molecule has 24 heavy (non-hydrogen) atoms. The van der Waals surface area contributed by atoms with Gasteiger partial charge in [0.1, 0.15) is 5.82 Å². The van der Waals surface area contributed by atoms with Gasteiger partial charge in [-0.3, -0.25) is 4.79 Å². The number of nitrogens with two attached hydrogens (primary N) is 1. The van der Waals surface area contributed by atoms with Crippen molar-refractivity contribution in [2.45, 2.75) is 38.5 Å². The van der Waals surface area contributed by atoms with Gasteiger partial charge in [0, 0.05) is 23.9 Å². The highest BCUT2D eigenvalue weighted by atomic mass is 35.5. The number of hydrogen-bond donors (Lipinski definition) is 2. The number of rotatable bonds is 9. The summed E-state index contributed by atoms with van der Waals surface area (Å²) in [5.74, 6) is -0.250. The smallest absolute Gasteiger partial charge is 0.226 e. The summed E-state index contributed by atoms with van der Waals surface area (Å²) in [6.07, 6.45) is 6.82. The van der Waals surface area contributed by atoms with Gasteiger partial charge >= 0.3 is 0 Å². The minimum absolute atomic E-state index is 0. The molecule has 0 aliphatic rings. The number of amides is 1. The Morgan fingerprint density at radius 2 is 2.04 bits per heavy atom. The first-order valence-electron chi connectivity index (χ1n) is 7.86. The monoisotopic (exact) mass is 371 g/mol. The van der Waals surface area contributed by atoms with E-state index in [-0.39, 0.29) is 24.1 Å². The molecule has 0 atom stereocenters. The summed E-state index contributed by atoms with van der Waals surface area (Å²) in [5, 5.41) is 3.42. The molecule has 0 radical (unpaired) electrons. The number of carbonyl (C=O) groups is 1. The van der Waals surface area contributed by atoms with Gasteiger partial charge in [-0.05, 0) is 37.1 Å². The minimum Gasteiger partial charge on any atom is -0.330 e. The van der Waals surface area contributed by atoms with Crippen molar-refractivity contribution in [1.29, 1.82) is 0 Å². The number of benzene rings is 1. The van der Waals surface area contributed by atoms with E-state index in [0.717, 1.165) is 36.1 Å². The van der Waals surface area contributed by atoms with Gasteiger partial charge in [0.05, 0.1) is 0 Å². The average molecular weight is 372 g/mol. The summed E-state index contributed by atoms with van der Waals surface area (Å²) in [6.45, 7) is 0.708. The molecule has 0 aliphatic carbocycles. The van der Waals surface area contributed by atoms with Crippen LogP contribution in [-0.2, 0) is 11.2 Å². The van der Waals surface area contributed by atoms with Gasteiger partial charge in [-0.2, -0.15) is 0 Å². The lowest BCUT2D eigenvalue weighted by molar-refractivity contribution is -0.116. The topological polar surface area (TPSA) is 68.0 Å². The second-order valence-corrected chi connectivity index (χ2v) is 6.55. The van der Waals surface area contributed by atoms with Gasteiger partial charge in [-0.15, -0.1) is 23.7 Å². The maximum atomic E-state index is 13.2. The number of carbonyl (C=O) groups excluding carboxylic acids is 1. The maximum Gasteiger partial charge on any atom is 0.226 e. The van der Waals surface area contributed by atoms with Crippen molar-refractivity contribution in [1.82, 2.24) is 4.98 Å². The fourth-order valence-corrected chi connectivity index (χ4v) is 3.12. The first-order valence-corrected chi connectivity index (χ1v) is 8.68. The second kappa shape index (κ2) is 11.1. The van der Waals surface area contributed by atoms with E-state index < -0.39 is 0 Å². The molecule has 3 N–H and O–H groups in total. The number of hydrogen-bond acceptors (Lipinski definition) is 4. The standard InChI is InChI=1S/C17H22FN3OS.ClH/c18-14-7-5-6-13(10-14)11-15-12-20-17(23-15)21-16(22)8-3-1-2-4-9-19;/h5-7,10,12H,1-4,8-9,11,19H2,(H,20,21,22);1H. The van der Waals surface area contributed by atoms with Crippen LogP contribution in [0.25, 0.3) is 0 Å². The molecule has 2 rings (SSSR count). The molecule has 0 spiro atoms. The second-order valence-electron chi connectivity index (χ2n) is 5.44. The molecule has 1 aromatic heterocycles. The molecule has 1 aromatic carbocycles. The molecule has 0 fully saturated rings. The van der Waals surface area contributed by atoms with E-state index in [0.29, 0.717) is 24.5 Å². The highest BCUT2D eigenvalue weighted by Crippen LogP contribution is 2.21. The highest BCUT2D eigenvalue weighted by Gasteiger charge is 2.07. The lowest BCUT2D eigenvalue weighted by Crippen LogP contribution is -2.10. The summed E-state index contributed by atoms with van der Waals surface area (Å²) in [5.41, 5.74) is 6.33. The van der Waals surface area contributed by atoms with E-state index >= 15 is 0 Å². The van der Waals surface area contributed by atoms with Crippen LogP contribution >= 0.6 is 23.7 Å². The third kappa shape index (κ3) is 7.38. The van der Waals surface area contributed by atoms with Crippen LogP contribution in [0.5, 0.6) is 0 Å². The van der Waals surface area contributed by atoms with Gasteiger partial charge in [0.15, 0.2) is 5.13 Å². The van der Waals surface area contributed by atoms with E-state index in [1.165, 1.54) is 23.5 Å². The zero-order chi connectivity index (χ0) is 16.5. The Kier molecular flexibility index (Phi) is 9.52. The number of thiazole rings is 1. The zero-order valence-corrected chi connectivity index (χ0v) is 15.1. The summed E-state index contributed by atoms with van der Waals surface area (Å²) >= 11 is 1.43. The molecule has 0 aliphatic heterocycles. The Hall–Kier alpha value is -1.50. The molecular weight excluding hydrogens is 349 g/mol. The fourth-order valence-electron chi connectivity index (χ4n) is 2.26. The molecule has 7 heteroatoms. The van der Waals surface area contributed by atoms with Gasteiger partial charge in [0.25, 0.3) is 0 Å². The molecule has 4 nitrogen and oxygen atoms in total. The third-order valence-electron chi connectivity index (χ3n) is 3.43.